The Morgan fingerprint density at radius 3 is 2.49 bits per heavy atom. The van der Waals surface area contributed by atoms with Gasteiger partial charge < -0.3 is 20.1 Å². The number of amides is 2. The minimum Gasteiger partial charge on any atom is -0.489 e. The molecule has 9 heteroatoms. The number of hydrogen-bond acceptors (Lipinski definition) is 6. The van der Waals surface area contributed by atoms with Gasteiger partial charge in [0, 0.05) is 36.6 Å². The van der Waals surface area contributed by atoms with E-state index in [0.717, 1.165) is 33.7 Å². The highest BCUT2D eigenvalue weighted by atomic mass is 16.6. The standard InChI is InChI=1S/C34H39N5O4/c1-22(2)28-11-6-23(20-26(28)14-17-37-33(41)43-34(3,4)5)21-42-27-9-7-24(8-10-27)29-30(25-12-15-35-16-13-25)38-39-19-18-36-32(40)31(29)39/h6-13,15-16,20,22H,14,17-19,21H2,1-5H3,(H,36,40)(H,37,41). The molecule has 0 unspecified atom stereocenters. The van der Waals surface area contributed by atoms with Crippen LogP contribution in [0, 0.1) is 0 Å². The SMILES string of the molecule is CC(C)c1ccc(COc2ccc(-c3c(-c4ccncc4)nn4c3C(=O)NCC4)cc2)cc1CCNC(=O)OC(C)(C)C. The Morgan fingerprint density at radius 1 is 1.05 bits per heavy atom. The molecule has 2 aromatic carbocycles. The van der Waals surface area contributed by atoms with Crippen molar-refractivity contribution in [2.75, 3.05) is 13.1 Å². The van der Waals surface area contributed by atoms with Gasteiger partial charge in [-0.15, -0.1) is 0 Å². The summed E-state index contributed by atoms with van der Waals surface area (Å²) in [5.74, 6) is 0.949. The Balaban J connectivity index is 1.30. The second-order valence-electron chi connectivity index (χ2n) is 12.0. The van der Waals surface area contributed by atoms with E-state index < -0.39 is 11.7 Å². The summed E-state index contributed by atoms with van der Waals surface area (Å²) in [5.41, 5.74) is 6.84. The van der Waals surface area contributed by atoms with Crippen LogP contribution in [0.25, 0.3) is 22.4 Å². The van der Waals surface area contributed by atoms with Crippen LogP contribution in [-0.2, 0) is 24.3 Å². The molecule has 0 spiro atoms. The van der Waals surface area contributed by atoms with Crippen LogP contribution in [-0.4, -0.2) is 45.5 Å². The predicted octanol–water partition coefficient (Wildman–Crippen LogP) is 6.13. The molecule has 0 saturated carbocycles. The van der Waals surface area contributed by atoms with Crippen molar-refractivity contribution in [3.05, 3.63) is 89.4 Å². The van der Waals surface area contributed by atoms with Gasteiger partial charge in [0.05, 0.1) is 6.54 Å². The number of nitrogens with one attached hydrogen (secondary N) is 2. The normalized spacial score (nSPS) is 12.9. The fourth-order valence-electron chi connectivity index (χ4n) is 5.23. The molecule has 5 rings (SSSR count). The third kappa shape index (κ3) is 7.23. The lowest BCUT2D eigenvalue weighted by atomic mass is 9.93. The van der Waals surface area contributed by atoms with E-state index in [4.69, 9.17) is 14.6 Å². The van der Waals surface area contributed by atoms with Crippen LogP contribution in [0.4, 0.5) is 4.79 Å². The monoisotopic (exact) mass is 581 g/mol. The summed E-state index contributed by atoms with van der Waals surface area (Å²) >= 11 is 0. The minimum absolute atomic E-state index is 0.128. The molecule has 0 bridgehead atoms. The van der Waals surface area contributed by atoms with E-state index in [9.17, 15) is 9.59 Å². The highest BCUT2D eigenvalue weighted by Gasteiger charge is 2.28. The van der Waals surface area contributed by atoms with E-state index in [1.807, 2.05) is 57.2 Å². The maximum Gasteiger partial charge on any atom is 0.407 e. The third-order valence-electron chi connectivity index (χ3n) is 7.17. The molecule has 0 saturated heterocycles. The smallest absolute Gasteiger partial charge is 0.407 e. The Bertz CT molecular complexity index is 1590. The summed E-state index contributed by atoms with van der Waals surface area (Å²) in [6.07, 6.45) is 3.74. The Morgan fingerprint density at radius 2 is 1.79 bits per heavy atom. The molecule has 3 heterocycles. The number of carbonyl (C=O) groups is 2. The minimum atomic E-state index is -0.530. The molecular weight excluding hydrogens is 542 g/mol. The van der Waals surface area contributed by atoms with E-state index in [0.29, 0.717) is 44.3 Å². The van der Waals surface area contributed by atoms with E-state index in [2.05, 4.69) is 47.7 Å². The molecule has 43 heavy (non-hydrogen) atoms. The quantitative estimate of drug-likeness (QED) is 0.246. The fraction of sp³-hybridized carbons (Fsp3) is 0.353. The first-order valence-electron chi connectivity index (χ1n) is 14.7. The molecule has 0 fully saturated rings. The Kier molecular flexibility index (Phi) is 8.80. The molecule has 224 valence electrons. The van der Waals surface area contributed by atoms with Gasteiger partial charge in [-0.05, 0) is 79.6 Å². The average molecular weight is 582 g/mol. The number of nitrogens with zero attached hydrogens (tertiary/aromatic N) is 3. The largest absolute Gasteiger partial charge is 0.489 e. The van der Waals surface area contributed by atoms with Gasteiger partial charge in [-0.2, -0.15) is 5.10 Å². The highest BCUT2D eigenvalue weighted by Crippen LogP contribution is 2.36. The van der Waals surface area contributed by atoms with Gasteiger partial charge in [0.25, 0.3) is 5.91 Å². The number of fused-ring (bicyclic) bond motifs is 1. The van der Waals surface area contributed by atoms with Gasteiger partial charge in [-0.1, -0.05) is 44.2 Å². The lowest BCUT2D eigenvalue weighted by molar-refractivity contribution is 0.0528. The molecular formula is C34H39N5O4. The van der Waals surface area contributed by atoms with Crippen LogP contribution in [0.3, 0.4) is 0 Å². The first-order chi connectivity index (χ1) is 20.6. The molecule has 0 aliphatic carbocycles. The van der Waals surface area contributed by atoms with Gasteiger partial charge in [0.2, 0.25) is 0 Å². The topological polar surface area (TPSA) is 107 Å². The summed E-state index contributed by atoms with van der Waals surface area (Å²) < 4.78 is 13.3. The van der Waals surface area contributed by atoms with E-state index in [-0.39, 0.29) is 5.91 Å². The summed E-state index contributed by atoms with van der Waals surface area (Å²) in [6, 6.07) is 18.0. The molecule has 4 aromatic rings. The highest BCUT2D eigenvalue weighted by molar-refractivity contribution is 6.03. The number of hydrogen-bond donors (Lipinski definition) is 2. The number of alkyl carbamates (subject to hydrolysis) is 1. The molecule has 1 aliphatic rings. The van der Waals surface area contributed by atoms with Gasteiger partial charge >= 0.3 is 6.09 Å². The van der Waals surface area contributed by atoms with Crippen molar-refractivity contribution in [3.8, 4) is 28.1 Å². The number of ether oxygens (including phenoxy) is 2. The molecule has 0 atom stereocenters. The first kappa shape index (κ1) is 29.8. The Hall–Kier alpha value is -4.66. The molecule has 1 aliphatic heterocycles. The van der Waals surface area contributed by atoms with E-state index >= 15 is 0 Å². The summed E-state index contributed by atoms with van der Waals surface area (Å²) in [4.78, 5) is 29.1. The third-order valence-corrected chi connectivity index (χ3v) is 7.17. The summed E-state index contributed by atoms with van der Waals surface area (Å²) in [5, 5.41) is 10.6. The zero-order valence-electron chi connectivity index (χ0n) is 25.4. The first-order valence-corrected chi connectivity index (χ1v) is 14.7. The molecule has 2 amide bonds. The van der Waals surface area contributed by atoms with Crippen molar-refractivity contribution < 1.29 is 19.1 Å². The van der Waals surface area contributed by atoms with E-state index in [1.54, 1.807) is 17.1 Å². The number of rotatable bonds is 9. The molecule has 0 radical (unpaired) electrons. The number of aromatic nitrogens is 3. The zero-order valence-corrected chi connectivity index (χ0v) is 25.4. The van der Waals surface area contributed by atoms with Crippen LogP contribution in [0.2, 0.25) is 0 Å². The number of carbonyl (C=O) groups excluding carboxylic acids is 2. The van der Waals surface area contributed by atoms with Crippen LogP contribution in [0.1, 0.15) is 67.7 Å². The van der Waals surface area contributed by atoms with Crippen molar-refractivity contribution in [1.29, 1.82) is 0 Å². The summed E-state index contributed by atoms with van der Waals surface area (Å²) in [6.45, 7) is 11.9. The maximum atomic E-state index is 12.9. The van der Waals surface area contributed by atoms with Crippen LogP contribution in [0.5, 0.6) is 5.75 Å². The molecule has 2 N–H and O–H groups in total. The lowest BCUT2D eigenvalue weighted by Gasteiger charge is -2.20. The second kappa shape index (κ2) is 12.7. The Labute approximate surface area is 252 Å². The van der Waals surface area contributed by atoms with Crippen molar-refractivity contribution in [1.82, 2.24) is 25.4 Å². The van der Waals surface area contributed by atoms with Gasteiger partial charge in [-0.25, -0.2) is 4.79 Å². The van der Waals surface area contributed by atoms with Crippen LogP contribution >= 0.6 is 0 Å². The van der Waals surface area contributed by atoms with Crippen LogP contribution in [0.15, 0.2) is 67.0 Å². The number of benzene rings is 2. The van der Waals surface area contributed by atoms with Crippen molar-refractivity contribution in [2.24, 2.45) is 0 Å². The summed E-state index contributed by atoms with van der Waals surface area (Å²) in [7, 11) is 0. The number of pyridine rings is 1. The maximum absolute atomic E-state index is 12.9. The fourth-order valence-corrected chi connectivity index (χ4v) is 5.23. The van der Waals surface area contributed by atoms with Gasteiger partial charge in [0.1, 0.15) is 29.3 Å². The second-order valence-corrected chi connectivity index (χ2v) is 12.0. The molecule has 9 nitrogen and oxygen atoms in total. The van der Waals surface area contributed by atoms with Crippen molar-refractivity contribution in [3.63, 3.8) is 0 Å². The van der Waals surface area contributed by atoms with Gasteiger partial charge in [0.15, 0.2) is 0 Å². The van der Waals surface area contributed by atoms with Crippen molar-refractivity contribution in [2.45, 2.75) is 65.7 Å². The van der Waals surface area contributed by atoms with Crippen molar-refractivity contribution >= 4 is 12.0 Å². The molecule has 2 aromatic heterocycles. The lowest BCUT2D eigenvalue weighted by Crippen LogP contribution is -2.35. The predicted molar refractivity (Wildman–Crippen MR) is 166 cm³/mol. The van der Waals surface area contributed by atoms with Crippen LogP contribution < -0.4 is 15.4 Å². The van der Waals surface area contributed by atoms with E-state index in [1.165, 1.54) is 11.1 Å². The zero-order chi connectivity index (χ0) is 30.6. The van der Waals surface area contributed by atoms with Gasteiger partial charge in [-0.3, -0.25) is 14.5 Å². The average Bonchev–Trinajstić information content (AvgIpc) is 3.37.